The molecule has 0 aliphatic rings. The molecule has 1 amide bonds. The van der Waals surface area contributed by atoms with Crippen LogP contribution in [0, 0.1) is 6.92 Å². The quantitative estimate of drug-likeness (QED) is 0.284. The summed E-state index contributed by atoms with van der Waals surface area (Å²) >= 11 is 1.58. The van der Waals surface area contributed by atoms with Gasteiger partial charge in [0, 0.05) is 16.6 Å². The van der Waals surface area contributed by atoms with Crippen LogP contribution in [-0.2, 0) is 9.53 Å². The minimum absolute atomic E-state index is 0.332. The van der Waals surface area contributed by atoms with Gasteiger partial charge in [-0.3, -0.25) is 4.79 Å². The van der Waals surface area contributed by atoms with Crippen molar-refractivity contribution in [2.24, 2.45) is 0 Å². The van der Waals surface area contributed by atoms with Gasteiger partial charge in [-0.2, -0.15) is 0 Å². The highest BCUT2D eigenvalue weighted by atomic mass is 32.1. The summed E-state index contributed by atoms with van der Waals surface area (Å²) in [4.78, 5) is 35.3. The van der Waals surface area contributed by atoms with Crippen LogP contribution in [0.1, 0.15) is 29.4 Å². The molecule has 0 saturated carbocycles. The van der Waals surface area contributed by atoms with E-state index in [1.807, 2.05) is 73.7 Å². The van der Waals surface area contributed by atoms with Gasteiger partial charge in [0.25, 0.3) is 5.91 Å². The first-order chi connectivity index (χ1) is 17.0. The number of anilines is 1. The van der Waals surface area contributed by atoms with Gasteiger partial charge in [0.05, 0.1) is 15.8 Å². The molecule has 2 aromatic heterocycles. The Morgan fingerprint density at radius 1 is 0.943 bits per heavy atom. The second-order valence-electron chi connectivity index (χ2n) is 8.15. The Bertz CT molecular complexity index is 1520. The van der Waals surface area contributed by atoms with Gasteiger partial charge < -0.3 is 10.1 Å². The van der Waals surface area contributed by atoms with Crippen LogP contribution in [0.3, 0.4) is 0 Å². The fourth-order valence-electron chi connectivity index (χ4n) is 4.01. The topological polar surface area (TPSA) is 81.2 Å². The Morgan fingerprint density at radius 2 is 1.71 bits per heavy atom. The molecule has 5 rings (SSSR count). The number of rotatable bonds is 6. The normalized spacial score (nSPS) is 11.9. The van der Waals surface area contributed by atoms with Gasteiger partial charge in [-0.1, -0.05) is 55.5 Å². The van der Waals surface area contributed by atoms with Crippen molar-refractivity contribution in [2.45, 2.75) is 26.4 Å². The Morgan fingerprint density at radius 3 is 2.49 bits per heavy atom. The summed E-state index contributed by atoms with van der Waals surface area (Å²) in [6, 6.07) is 24.7. The van der Waals surface area contributed by atoms with Crippen LogP contribution < -0.4 is 5.32 Å². The third-order valence-corrected chi connectivity index (χ3v) is 6.77. The molecule has 174 valence electrons. The van der Waals surface area contributed by atoms with Crippen molar-refractivity contribution >= 4 is 50.0 Å². The first-order valence-corrected chi connectivity index (χ1v) is 12.2. The Labute approximate surface area is 206 Å². The maximum absolute atomic E-state index is 13.4. The van der Waals surface area contributed by atoms with E-state index in [0.717, 1.165) is 37.3 Å². The number of hydrogen-bond donors (Lipinski definition) is 1. The van der Waals surface area contributed by atoms with E-state index in [4.69, 9.17) is 9.72 Å². The summed E-state index contributed by atoms with van der Waals surface area (Å²) in [6.07, 6.45) is -0.617. The first kappa shape index (κ1) is 22.7. The van der Waals surface area contributed by atoms with Crippen LogP contribution in [0.15, 0.2) is 78.9 Å². The fourth-order valence-corrected chi connectivity index (χ4v) is 5.01. The van der Waals surface area contributed by atoms with Gasteiger partial charge in [-0.15, -0.1) is 11.3 Å². The van der Waals surface area contributed by atoms with Crippen molar-refractivity contribution in [1.29, 1.82) is 0 Å². The summed E-state index contributed by atoms with van der Waals surface area (Å²) in [5.74, 6) is -0.540. The predicted octanol–water partition coefficient (Wildman–Crippen LogP) is 6.39. The Hall–Kier alpha value is -4.10. The van der Waals surface area contributed by atoms with Crippen molar-refractivity contribution in [3.8, 4) is 10.6 Å². The van der Waals surface area contributed by atoms with Gasteiger partial charge >= 0.3 is 5.97 Å². The Kier molecular flexibility index (Phi) is 6.25. The molecule has 35 heavy (non-hydrogen) atoms. The molecule has 1 unspecified atom stereocenters. The highest BCUT2D eigenvalue weighted by molar-refractivity contribution is 7.21. The van der Waals surface area contributed by atoms with E-state index in [2.05, 4.69) is 10.3 Å². The predicted molar refractivity (Wildman–Crippen MR) is 140 cm³/mol. The molecule has 0 radical (unpaired) electrons. The lowest BCUT2D eigenvalue weighted by Crippen LogP contribution is -2.32. The van der Waals surface area contributed by atoms with E-state index in [-0.39, 0.29) is 0 Å². The molecule has 0 bridgehead atoms. The van der Waals surface area contributed by atoms with Gasteiger partial charge in [-0.25, -0.2) is 14.8 Å². The Balaban J connectivity index is 1.48. The summed E-state index contributed by atoms with van der Waals surface area (Å²) < 4.78 is 6.79. The van der Waals surface area contributed by atoms with Gasteiger partial charge in [0.1, 0.15) is 10.8 Å². The second-order valence-corrected chi connectivity index (χ2v) is 9.18. The summed E-state index contributed by atoms with van der Waals surface area (Å²) in [7, 11) is 0. The monoisotopic (exact) mass is 481 g/mol. The molecule has 0 saturated heterocycles. The molecule has 0 aliphatic heterocycles. The molecular formula is C28H23N3O3S. The number of aromatic nitrogens is 2. The van der Waals surface area contributed by atoms with E-state index in [1.54, 1.807) is 30.4 Å². The zero-order chi connectivity index (χ0) is 24.4. The van der Waals surface area contributed by atoms with E-state index in [0.29, 0.717) is 17.8 Å². The zero-order valence-electron chi connectivity index (χ0n) is 19.3. The second kappa shape index (κ2) is 9.64. The molecule has 0 spiro atoms. The number of nitrogens with one attached hydrogen (secondary N) is 1. The number of aryl methyl sites for hydroxylation is 1. The summed E-state index contributed by atoms with van der Waals surface area (Å²) in [5, 5.41) is 5.23. The van der Waals surface area contributed by atoms with E-state index in [9.17, 15) is 9.59 Å². The van der Waals surface area contributed by atoms with Crippen molar-refractivity contribution in [3.63, 3.8) is 0 Å². The zero-order valence-corrected chi connectivity index (χ0v) is 20.1. The SMILES string of the molecule is CCC(OC(=O)c1cccc2cccc(-c3nc4ccccc4s3)c12)C(=O)Nc1cccc(C)n1. The number of fused-ring (bicyclic) bond motifs is 2. The molecule has 0 aliphatic carbocycles. The molecule has 2 heterocycles. The lowest BCUT2D eigenvalue weighted by Gasteiger charge is -2.17. The smallest absolute Gasteiger partial charge is 0.339 e. The number of para-hydroxylation sites is 1. The average Bonchev–Trinajstić information content (AvgIpc) is 3.30. The van der Waals surface area contributed by atoms with Crippen LogP contribution in [0.4, 0.5) is 5.82 Å². The molecule has 5 aromatic rings. The standard InChI is InChI=1S/C28H23N3O3S/c1-3-22(26(32)31-24-16-6-9-17(2)29-24)34-28(33)20-13-8-11-18-10-7-12-19(25(18)20)27-30-21-14-4-5-15-23(21)35-27/h4-16,22H,3H2,1-2H3,(H,29,31,32). The molecule has 3 aromatic carbocycles. The molecule has 1 N–H and O–H groups in total. The van der Waals surface area contributed by atoms with Crippen LogP contribution in [0.5, 0.6) is 0 Å². The third-order valence-electron chi connectivity index (χ3n) is 5.70. The largest absolute Gasteiger partial charge is 0.449 e. The van der Waals surface area contributed by atoms with Crippen LogP contribution in [-0.4, -0.2) is 27.9 Å². The van der Waals surface area contributed by atoms with E-state index < -0.39 is 18.0 Å². The highest BCUT2D eigenvalue weighted by Gasteiger charge is 2.24. The fraction of sp³-hybridized carbons (Fsp3) is 0.143. The van der Waals surface area contributed by atoms with Crippen LogP contribution >= 0.6 is 11.3 Å². The number of benzene rings is 3. The number of amides is 1. The minimum Gasteiger partial charge on any atom is -0.449 e. The number of nitrogens with zero attached hydrogens (tertiary/aromatic N) is 2. The highest BCUT2D eigenvalue weighted by Crippen LogP contribution is 2.36. The molecule has 7 heteroatoms. The number of thiazole rings is 1. The average molecular weight is 482 g/mol. The summed E-state index contributed by atoms with van der Waals surface area (Å²) in [6.45, 7) is 3.65. The van der Waals surface area contributed by atoms with Crippen LogP contribution in [0.25, 0.3) is 31.6 Å². The first-order valence-electron chi connectivity index (χ1n) is 11.4. The van der Waals surface area contributed by atoms with Crippen molar-refractivity contribution < 1.29 is 14.3 Å². The number of esters is 1. The number of hydrogen-bond acceptors (Lipinski definition) is 6. The number of carbonyl (C=O) groups is 2. The third kappa shape index (κ3) is 4.63. The van der Waals surface area contributed by atoms with Gasteiger partial charge in [0.15, 0.2) is 6.10 Å². The molecule has 1 atom stereocenters. The lowest BCUT2D eigenvalue weighted by molar-refractivity contribution is -0.124. The molecular weight excluding hydrogens is 458 g/mol. The summed E-state index contributed by atoms with van der Waals surface area (Å²) in [5.41, 5.74) is 2.96. The minimum atomic E-state index is -0.949. The van der Waals surface area contributed by atoms with Crippen molar-refractivity contribution in [3.05, 3.63) is 90.1 Å². The number of pyridine rings is 1. The molecule has 6 nitrogen and oxygen atoms in total. The maximum atomic E-state index is 13.4. The number of carbonyl (C=O) groups excluding carboxylic acids is 2. The van der Waals surface area contributed by atoms with Gasteiger partial charge in [-0.05, 0) is 49.1 Å². The molecule has 0 fully saturated rings. The number of ether oxygens (including phenoxy) is 1. The maximum Gasteiger partial charge on any atom is 0.339 e. The van der Waals surface area contributed by atoms with E-state index in [1.165, 1.54) is 0 Å². The lowest BCUT2D eigenvalue weighted by atomic mass is 9.99. The van der Waals surface area contributed by atoms with Crippen molar-refractivity contribution in [2.75, 3.05) is 5.32 Å². The van der Waals surface area contributed by atoms with Crippen LogP contribution in [0.2, 0.25) is 0 Å². The van der Waals surface area contributed by atoms with Gasteiger partial charge in [0.2, 0.25) is 0 Å². The van der Waals surface area contributed by atoms with Crippen molar-refractivity contribution in [1.82, 2.24) is 9.97 Å². The van der Waals surface area contributed by atoms with E-state index >= 15 is 0 Å².